The number of thiocarbonyl (C=S) groups is 1. The van der Waals surface area contributed by atoms with Gasteiger partial charge in [0.05, 0.1) is 12.7 Å². The zero-order chi connectivity index (χ0) is 19.6. The van der Waals surface area contributed by atoms with Crippen molar-refractivity contribution in [3.8, 4) is 0 Å². The number of rotatable bonds is 3. The Labute approximate surface area is 167 Å². The number of carbonyl (C=O) groups is 1. The zero-order valence-electron chi connectivity index (χ0n) is 15.5. The zero-order valence-corrected chi connectivity index (χ0v) is 17.2. The van der Waals surface area contributed by atoms with Gasteiger partial charge in [0, 0.05) is 36.7 Å². The van der Waals surface area contributed by atoms with Crippen LogP contribution in [0.2, 0.25) is 0 Å². The van der Waals surface area contributed by atoms with Gasteiger partial charge >= 0.3 is 5.97 Å². The smallest absolute Gasteiger partial charge is 0.341 e. The maximum atomic E-state index is 13.1. The van der Waals surface area contributed by atoms with Crippen LogP contribution in [0.1, 0.15) is 20.8 Å². The van der Waals surface area contributed by atoms with Gasteiger partial charge in [-0.25, -0.2) is 9.18 Å². The Morgan fingerprint density at radius 2 is 1.81 bits per heavy atom. The Morgan fingerprint density at radius 1 is 1.19 bits per heavy atom. The van der Waals surface area contributed by atoms with Crippen LogP contribution < -0.4 is 10.2 Å². The van der Waals surface area contributed by atoms with Crippen molar-refractivity contribution in [1.82, 2.24) is 4.90 Å². The van der Waals surface area contributed by atoms with Crippen LogP contribution >= 0.6 is 23.6 Å². The van der Waals surface area contributed by atoms with Gasteiger partial charge in [-0.3, -0.25) is 0 Å². The number of carbonyl (C=O) groups excluding carboxylic acids is 1. The van der Waals surface area contributed by atoms with Gasteiger partial charge in [0.25, 0.3) is 0 Å². The molecular weight excluding hydrogens is 385 g/mol. The quantitative estimate of drug-likeness (QED) is 0.617. The summed E-state index contributed by atoms with van der Waals surface area (Å²) in [7, 11) is 1.38. The highest BCUT2D eigenvalue weighted by molar-refractivity contribution is 7.80. The van der Waals surface area contributed by atoms with Gasteiger partial charge in [0.15, 0.2) is 5.11 Å². The van der Waals surface area contributed by atoms with Gasteiger partial charge in [-0.05, 0) is 55.9 Å². The van der Waals surface area contributed by atoms with E-state index in [0.717, 1.165) is 47.3 Å². The van der Waals surface area contributed by atoms with Crippen molar-refractivity contribution in [3.63, 3.8) is 0 Å². The summed E-state index contributed by atoms with van der Waals surface area (Å²) in [5.41, 5.74) is 2.47. The highest BCUT2D eigenvalue weighted by atomic mass is 32.1. The first-order chi connectivity index (χ1) is 12.9. The van der Waals surface area contributed by atoms with Gasteiger partial charge in [-0.15, -0.1) is 11.3 Å². The van der Waals surface area contributed by atoms with Crippen molar-refractivity contribution in [2.24, 2.45) is 0 Å². The van der Waals surface area contributed by atoms with Gasteiger partial charge in [0.2, 0.25) is 0 Å². The van der Waals surface area contributed by atoms with Crippen molar-refractivity contribution in [3.05, 3.63) is 46.1 Å². The molecule has 27 heavy (non-hydrogen) atoms. The number of nitrogens with one attached hydrogen (secondary N) is 1. The number of esters is 1. The predicted molar refractivity (Wildman–Crippen MR) is 112 cm³/mol. The van der Waals surface area contributed by atoms with Crippen LogP contribution in [-0.2, 0) is 4.74 Å². The summed E-state index contributed by atoms with van der Waals surface area (Å²) >= 11 is 7.07. The molecule has 1 aliphatic rings. The lowest BCUT2D eigenvalue weighted by atomic mass is 10.1. The molecule has 0 unspecified atom stereocenters. The maximum Gasteiger partial charge on any atom is 0.341 e. The second kappa shape index (κ2) is 8.22. The number of methoxy groups -OCH3 is 1. The van der Waals surface area contributed by atoms with Crippen LogP contribution in [-0.4, -0.2) is 49.3 Å². The molecule has 5 nitrogen and oxygen atoms in total. The lowest BCUT2D eigenvalue weighted by Crippen LogP contribution is -2.50. The minimum absolute atomic E-state index is 0.231. The topological polar surface area (TPSA) is 44.8 Å². The van der Waals surface area contributed by atoms with E-state index in [1.54, 1.807) is 12.1 Å². The molecule has 1 fully saturated rings. The Kier molecular flexibility index (Phi) is 5.96. The van der Waals surface area contributed by atoms with E-state index in [1.165, 1.54) is 30.6 Å². The van der Waals surface area contributed by atoms with E-state index in [0.29, 0.717) is 10.7 Å². The normalized spacial score (nSPS) is 14.2. The standard InChI is InChI=1S/C19H22FN3O2S2/c1-12-13(2)27-17(16(12)18(24)25-3)21-19(26)23-10-8-22(9-11-23)15-6-4-14(20)5-7-15/h4-7H,8-11H2,1-3H3,(H,21,26). The summed E-state index contributed by atoms with van der Waals surface area (Å²) in [4.78, 5) is 17.5. The molecule has 2 aromatic rings. The number of aryl methyl sites for hydroxylation is 1. The van der Waals surface area contributed by atoms with Crippen molar-refractivity contribution < 1.29 is 13.9 Å². The van der Waals surface area contributed by atoms with Crippen molar-refractivity contribution in [1.29, 1.82) is 0 Å². The van der Waals surface area contributed by atoms with E-state index in [1.807, 2.05) is 13.8 Å². The molecular formula is C19H22FN3O2S2. The fraction of sp³-hybridized carbons (Fsp3) is 0.368. The molecule has 0 spiro atoms. The number of halogens is 1. The highest BCUT2D eigenvalue weighted by Crippen LogP contribution is 2.33. The molecule has 0 amide bonds. The number of benzene rings is 1. The summed E-state index contributed by atoms with van der Waals surface area (Å²) in [6.45, 7) is 6.97. The van der Waals surface area contributed by atoms with Crippen LogP contribution in [0.4, 0.5) is 15.1 Å². The molecule has 1 N–H and O–H groups in total. The average Bonchev–Trinajstić information content (AvgIpc) is 2.95. The van der Waals surface area contributed by atoms with Crippen LogP contribution in [0.5, 0.6) is 0 Å². The number of thiophene rings is 1. The minimum Gasteiger partial charge on any atom is -0.465 e. The third-order valence-electron chi connectivity index (χ3n) is 4.75. The Balaban J connectivity index is 1.64. The molecule has 3 rings (SSSR count). The lowest BCUT2D eigenvalue weighted by Gasteiger charge is -2.37. The molecule has 1 aromatic heterocycles. The molecule has 0 radical (unpaired) electrons. The van der Waals surface area contributed by atoms with Gasteiger partial charge < -0.3 is 19.9 Å². The molecule has 144 valence electrons. The summed E-state index contributed by atoms with van der Waals surface area (Å²) in [5, 5.41) is 4.55. The van der Waals surface area contributed by atoms with E-state index in [9.17, 15) is 9.18 Å². The third kappa shape index (κ3) is 4.22. The van der Waals surface area contributed by atoms with E-state index < -0.39 is 0 Å². The first kappa shape index (κ1) is 19.6. The monoisotopic (exact) mass is 407 g/mol. The molecule has 8 heteroatoms. The lowest BCUT2D eigenvalue weighted by molar-refractivity contribution is 0.0601. The fourth-order valence-electron chi connectivity index (χ4n) is 3.06. The van der Waals surface area contributed by atoms with E-state index in [4.69, 9.17) is 17.0 Å². The first-order valence-electron chi connectivity index (χ1n) is 8.65. The molecule has 2 heterocycles. The van der Waals surface area contributed by atoms with Crippen molar-refractivity contribution >= 4 is 45.3 Å². The molecule has 1 aromatic carbocycles. The second-order valence-corrected chi connectivity index (χ2v) is 7.97. The molecule has 0 atom stereocenters. The van der Waals surface area contributed by atoms with Crippen molar-refractivity contribution in [2.45, 2.75) is 13.8 Å². The molecule has 0 saturated carbocycles. The van der Waals surface area contributed by atoms with E-state index in [-0.39, 0.29) is 11.8 Å². The maximum absolute atomic E-state index is 13.1. The largest absolute Gasteiger partial charge is 0.465 e. The van der Waals surface area contributed by atoms with Crippen molar-refractivity contribution in [2.75, 3.05) is 43.5 Å². The number of hydrogen-bond acceptors (Lipinski definition) is 5. The van der Waals surface area contributed by atoms with Crippen LogP contribution in [0.15, 0.2) is 24.3 Å². The number of anilines is 2. The number of nitrogens with zero attached hydrogens (tertiary/aromatic N) is 2. The summed E-state index contributed by atoms with van der Waals surface area (Å²) < 4.78 is 18.0. The summed E-state index contributed by atoms with van der Waals surface area (Å²) in [6, 6.07) is 6.54. The van der Waals surface area contributed by atoms with Crippen LogP contribution in [0, 0.1) is 19.7 Å². The molecule has 1 aliphatic heterocycles. The highest BCUT2D eigenvalue weighted by Gasteiger charge is 2.24. The van der Waals surface area contributed by atoms with Crippen LogP contribution in [0.3, 0.4) is 0 Å². The molecule has 0 aliphatic carbocycles. The Hall–Kier alpha value is -2.19. The van der Waals surface area contributed by atoms with E-state index >= 15 is 0 Å². The number of ether oxygens (including phenoxy) is 1. The second-order valence-electron chi connectivity index (χ2n) is 6.36. The molecule has 1 saturated heterocycles. The summed E-state index contributed by atoms with van der Waals surface area (Å²) in [5.74, 6) is -0.589. The van der Waals surface area contributed by atoms with Gasteiger partial charge in [-0.1, -0.05) is 0 Å². The van der Waals surface area contributed by atoms with E-state index in [2.05, 4.69) is 15.1 Å². The Bertz CT molecular complexity index is 843. The predicted octanol–water partition coefficient (Wildman–Crippen LogP) is 3.81. The average molecular weight is 408 g/mol. The number of piperazine rings is 1. The number of hydrogen-bond donors (Lipinski definition) is 1. The minimum atomic E-state index is -0.358. The van der Waals surface area contributed by atoms with Gasteiger partial charge in [-0.2, -0.15) is 0 Å². The van der Waals surface area contributed by atoms with Crippen LogP contribution in [0.25, 0.3) is 0 Å². The first-order valence-corrected chi connectivity index (χ1v) is 9.88. The third-order valence-corrected chi connectivity index (χ3v) is 6.24. The molecule has 0 bridgehead atoms. The SMILES string of the molecule is COC(=O)c1c(NC(=S)N2CCN(c3ccc(F)cc3)CC2)sc(C)c1C. The summed E-state index contributed by atoms with van der Waals surface area (Å²) in [6.07, 6.45) is 0. The Morgan fingerprint density at radius 3 is 2.41 bits per heavy atom. The fourth-order valence-corrected chi connectivity index (χ4v) is 4.46. The van der Waals surface area contributed by atoms with Gasteiger partial charge in [0.1, 0.15) is 10.8 Å².